The molecule has 146 valence electrons. The molecule has 1 aliphatic heterocycles. The van der Waals surface area contributed by atoms with Crippen LogP contribution in [-0.2, 0) is 0 Å². The highest BCUT2D eigenvalue weighted by molar-refractivity contribution is 5.94. The number of rotatable bonds is 4. The predicted molar refractivity (Wildman–Crippen MR) is 105 cm³/mol. The average molecular weight is 370 g/mol. The van der Waals surface area contributed by atoms with Gasteiger partial charge in [0.1, 0.15) is 22.7 Å². The maximum absolute atomic E-state index is 11.7. The number of carboxylic acid groups (broad SMARTS) is 1. The Morgan fingerprint density at radius 1 is 1.37 bits per heavy atom. The lowest BCUT2D eigenvalue weighted by Crippen LogP contribution is -2.60. The number of phenols is 1. The van der Waals surface area contributed by atoms with Gasteiger partial charge in [-0.25, -0.2) is 4.79 Å². The molecule has 1 aromatic carbocycles. The summed E-state index contributed by atoms with van der Waals surface area (Å²) < 4.78 is 6.41. The molecular formula is C23H30O4. The van der Waals surface area contributed by atoms with Crippen LogP contribution < -0.4 is 4.74 Å². The zero-order valence-corrected chi connectivity index (χ0v) is 16.9. The van der Waals surface area contributed by atoms with Gasteiger partial charge in [0.15, 0.2) is 0 Å². The van der Waals surface area contributed by atoms with Gasteiger partial charge in [0.05, 0.1) is 0 Å². The van der Waals surface area contributed by atoms with Crippen molar-refractivity contribution in [2.45, 2.75) is 71.8 Å². The number of hydrogen-bond acceptors (Lipinski definition) is 3. The normalized spacial score (nSPS) is 35.5. The van der Waals surface area contributed by atoms with Crippen LogP contribution in [-0.4, -0.2) is 21.8 Å². The van der Waals surface area contributed by atoms with Gasteiger partial charge in [-0.15, -0.1) is 0 Å². The fourth-order valence-corrected chi connectivity index (χ4v) is 6.39. The van der Waals surface area contributed by atoms with E-state index in [2.05, 4.69) is 33.8 Å². The Morgan fingerprint density at radius 2 is 2.07 bits per heavy atom. The highest BCUT2D eigenvalue weighted by Crippen LogP contribution is 2.75. The molecule has 1 aromatic rings. The zero-order chi connectivity index (χ0) is 19.7. The van der Waals surface area contributed by atoms with Gasteiger partial charge in [-0.3, -0.25) is 0 Å². The molecule has 2 saturated carbocycles. The SMILES string of the molecule is CC(C)=CCC[C@@]1(C)[C@@H]2c3c(cc(C)c(C(=O)O)c3O)O[C@]3(C)CC[C@H]1[C@H]23. The molecule has 1 heterocycles. The number of benzene rings is 1. The Hall–Kier alpha value is -1.97. The van der Waals surface area contributed by atoms with E-state index in [4.69, 9.17) is 4.74 Å². The lowest BCUT2D eigenvalue weighted by molar-refractivity contribution is -0.133. The van der Waals surface area contributed by atoms with E-state index in [1.807, 2.05) is 6.07 Å². The number of aromatic hydroxyl groups is 1. The Morgan fingerprint density at radius 3 is 2.70 bits per heavy atom. The molecule has 0 saturated heterocycles. The monoisotopic (exact) mass is 370 g/mol. The molecule has 2 N–H and O–H groups in total. The standard InChI is InChI=1S/C23H30O4/c1-12(2)7-6-9-22(4)14-8-10-23(5)18(14)19(22)17-15(27-23)11-13(3)16(20(17)24)21(25)26/h7,11,14,18-19,24H,6,8-10H2,1-5H3,(H,25,26)/t14-,18+,19+,22+,23+/m0/s1. The summed E-state index contributed by atoms with van der Waals surface area (Å²) >= 11 is 0. The van der Waals surface area contributed by atoms with Crippen molar-refractivity contribution in [3.05, 3.63) is 34.4 Å². The third-order valence-electron chi connectivity index (χ3n) is 7.61. The molecule has 27 heavy (non-hydrogen) atoms. The summed E-state index contributed by atoms with van der Waals surface area (Å²) in [6, 6.07) is 1.82. The summed E-state index contributed by atoms with van der Waals surface area (Å²) in [5, 5.41) is 20.6. The predicted octanol–water partition coefficient (Wildman–Crippen LogP) is 5.43. The van der Waals surface area contributed by atoms with Gasteiger partial charge >= 0.3 is 5.97 Å². The largest absolute Gasteiger partial charge is 0.507 e. The minimum absolute atomic E-state index is 0.0223. The number of carboxylic acids is 1. The van der Waals surface area contributed by atoms with E-state index in [0.717, 1.165) is 31.2 Å². The lowest BCUT2D eigenvalue weighted by atomic mass is 9.43. The quantitative estimate of drug-likeness (QED) is 0.694. The Kier molecular flexibility index (Phi) is 3.93. The van der Waals surface area contributed by atoms with Gasteiger partial charge in [-0.1, -0.05) is 18.6 Å². The molecule has 0 radical (unpaired) electrons. The van der Waals surface area contributed by atoms with Crippen molar-refractivity contribution in [3.63, 3.8) is 0 Å². The van der Waals surface area contributed by atoms with Crippen LogP contribution in [0, 0.1) is 24.2 Å². The van der Waals surface area contributed by atoms with Crippen molar-refractivity contribution < 1.29 is 19.7 Å². The van der Waals surface area contributed by atoms with E-state index in [9.17, 15) is 15.0 Å². The smallest absolute Gasteiger partial charge is 0.339 e. The number of carbonyl (C=O) groups is 1. The van der Waals surface area contributed by atoms with Gasteiger partial charge in [0.2, 0.25) is 0 Å². The molecular weight excluding hydrogens is 340 g/mol. The molecule has 2 aliphatic carbocycles. The van der Waals surface area contributed by atoms with Gasteiger partial charge in [0, 0.05) is 17.4 Å². The first kappa shape index (κ1) is 18.4. The number of hydrogen-bond donors (Lipinski definition) is 2. The average Bonchev–Trinajstić information content (AvgIpc) is 2.87. The maximum Gasteiger partial charge on any atom is 0.339 e. The molecule has 0 spiro atoms. The van der Waals surface area contributed by atoms with Crippen LogP contribution in [0.1, 0.15) is 80.8 Å². The summed E-state index contributed by atoms with van der Waals surface area (Å²) in [6.45, 7) is 10.5. The summed E-state index contributed by atoms with van der Waals surface area (Å²) in [7, 11) is 0. The highest BCUT2D eigenvalue weighted by Gasteiger charge is 2.70. The third-order valence-corrected chi connectivity index (χ3v) is 7.61. The van der Waals surface area contributed by atoms with E-state index in [1.165, 1.54) is 5.57 Å². The molecule has 0 unspecified atom stereocenters. The Bertz CT molecular complexity index is 850. The fourth-order valence-electron chi connectivity index (χ4n) is 6.39. The first-order valence-corrected chi connectivity index (χ1v) is 10.0. The van der Waals surface area contributed by atoms with E-state index in [1.54, 1.807) is 6.92 Å². The highest BCUT2D eigenvalue weighted by atomic mass is 16.5. The zero-order valence-electron chi connectivity index (χ0n) is 16.9. The van der Waals surface area contributed by atoms with Crippen molar-refractivity contribution in [1.82, 2.24) is 0 Å². The third kappa shape index (κ3) is 2.38. The summed E-state index contributed by atoms with van der Waals surface area (Å²) in [5.74, 6) is 0.616. The Labute approximate surface area is 161 Å². The van der Waals surface area contributed by atoms with Gasteiger partial charge < -0.3 is 14.9 Å². The lowest BCUT2D eigenvalue weighted by Gasteiger charge is -2.63. The van der Waals surface area contributed by atoms with Crippen molar-refractivity contribution >= 4 is 5.97 Å². The molecule has 5 atom stereocenters. The number of allylic oxidation sites excluding steroid dienone is 2. The summed E-state index contributed by atoms with van der Waals surface area (Å²) in [4.78, 5) is 11.7. The topological polar surface area (TPSA) is 66.8 Å². The number of aromatic carboxylic acids is 1. The number of aryl methyl sites for hydroxylation is 1. The van der Waals surface area contributed by atoms with Crippen molar-refractivity contribution in [2.75, 3.05) is 0 Å². The fraction of sp³-hybridized carbons (Fsp3) is 0.609. The number of ether oxygens (including phenoxy) is 1. The van der Waals surface area contributed by atoms with Crippen molar-refractivity contribution in [3.8, 4) is 11.5 Å². The Balaban J connectivity index is 1.84. The van der Waals surface area contributed by atoms with Crippen molar-refractivity contribution in [1.29, 1.82) is 0 Å². The summed E-state index contributed by atoms with van der Waals surface area (Å²) in [6.07, 6.45) is 6.52. The molecule has 4 nitrogen and oxygen atoms in total. The molecule has 2 fully saturated rings. The first-order valence-electron chi connectivity index (χ1n) is 10.0. The molecule has 4 heteroatoms. The van der Waals surface area contributed by atoms with Gasteiger partial charge in [0.25, 0.3) is 0 Å². The first-order chi connectivity index (χ1) is 12.6. The van der Waals surface area contributed by atoms with E-state index >= 15 is 0 Å². The van der Waals surface area contributed by atoms with Crippen LogP contribution in [0.3, 0.4) is 0 Å². The van der Waals surface area contributed by atoms with Crippen LogP contribution in [0.5, 0.6) is 11.5 Å². The van der Waals surface area contributed by atoms with Gasteiger partial charge in [-0.05, 0) is 76.3 Å². The second kappa shape index (κ2) is 5.76. The second-order valence-corrected chi connectivity index (χ2v) is 9.52. The minimum atomic E-state index is -1.07. The van der Waals surface area contributed by atoms with E-state index in [-0.39, 0.29) is 28.2 Å². The number of fused-ring (bicyclic) bond motifs is 2. The minimum Gasteiger partial charge on any atom is -0.507 e. The molecule has 0 bridgehead atoms. The van der Waals surface area contributed by atoms with Crippen LogP contribution in [0.4, 0.5) is 0 Å². The van der Waals surface area contributed by atoms with Crippen LogP contribution in [0.25, 0.3) is 0 Å². The molecule has 0 amide bonds. The van der Waals surface area contributed by atoms with E-state index in [0.29, 0.717) is 23.1 Å². The molecule has 0 aromatic heterocycles. The van der Waals surface area contributed by atoms with E-state index < -0.39 is 5.97 Å². The summed E-state index contributed by atoms with van der Waals surface area (Å²) in [5.41, 5.74) is 2.50. The van der Waals surface area contributed by atoms with Crippen LogP contribution >= 0.6 is 0 Å². The maximum atomic E-state index is 11.7. The van der Waals surface area contributed by atoms with Crippen LogP contribution in [0.2, 0.25) is 0 Å². The van der Waals surface area contributed by atoms with Crippen molar-refractivity contribution in [2.24, 2.45) is 17.3 Å². The van der Waals surface area contributed by atoms with Crippen LogP contribution in [0.15, 0.2) is 17.7 Å². The molecule has 3 aliphatic rings. The van der Waals surface area contributed by atoms with Gasteiger partial charge in [-0.2, -0.15) is 0 Å². The molecule has 4 rings (SSSR count). The second-order valence-electron chi connectivity index (χ2n) is 9.52.